The SMILES string of the molecule is Cc1ccc2c(c1)N(Cc1ccc(C(=O)N3CCN(Cc4ccc5c(c4)OCO5)CC3)o1)C(=O)CO2. The molecular formula is C27H27N3O6. The van der Waals surface area contributed by atoms with Gasteiger partial charge in [0.15, 0.2) is 23.9 Å². The van der Waals surface area contributed by atoms with Gasteiger partial charge in [0.05, 0.1) is 12.2 Å². The van der Waals surface area contributed by atoms with E-state index >= 15 is 0 Å². The standard InChI is InChI=1S/C27H27N3O6/c1-18-2-5-22-21(12-18)30(26(31)16-33-22)15-20-4-7-24(36-20)27(32)29-10-8-28(9-11-29)14-19-3-6-23-25(13-19)35-17-34-23/h2-7,12-13H,8-11,14-17H2,1H3. The highest BCUT2D eigenvalue weighted by atomic mass is 16.7. The lowest BCUT2D eigenvalue weighted by atomic mass is 10.1. The number of benzene rings is 2. The maximum Gasteiger partial charge on any atom is 0.289 e. The van der Waals surface area contributed by atoms with Crippen LogP contribution in [0.1, 0.15) is 27.4 Å². The average Bonchev–Trinajstić information content (AvgIpc) is 3.55. The van der Waals surface area contributed by atoms with Gasteiger partial charge in [-0.3, -0.25) is 19.4 Å². The minimum atomic E-state index is -0.143. The number of rotatable bonds is 5. The Morgan fingerprint density at radius 1 is 0.861 bits per heavy atom. The van der Waals surface area contributed by atoms with Gasteiger partial charge in [-0.2, -0.15) is 0 Å². The van der Waals surface area contributed by atoms with Crippen molar-refractivity contribution >= 4 is 17.5 Å². The fraction of sp³-hybridized carbons (Fsp3) is 0.333. The summed E-state index contributed by atoms with van der Waals surface area (Å²) < 4.78 is 22.3. The van der Waals surface area contributed by atoms with Crippen molar-refractivity contribution in [1.82, 2.24) is 9.80 Å². The normalized spacial score (nSPS) is 17.2. The maximum absolute atomic E-state index is 13.1. The largest absolute Gasteiger partial charge is 0.482 e. The molecule has 0 radical (unpaired) electrons. The molecule has 3 aliphatic heterocycles. The van der Waals surface area contributed by atoms with Crippen molar-refractivity contribution in [2.75, 3.05) is 44.5 Å². The monoisotopic (exact) mass is 489 g/mol. The van der Waals surface area contributed by atoms with E-state index in [9.17, 15) is 9.59 Å². The van der Waals surface area contributed by atoms with E-state index in [0.717, 1.165) is 42.3 Å². The molecule has 0 bridgehead atoms. The van der Waals surface area contributed by atoms with Crippen LogP contribution in [0.3, 0.4) is 0 Å². The number of fused-ring (bicyclic) bond motifs is 2. The number of carbonyl (C=O) groups is 2. The van der Waals surface area contributed by atoms with E-state index in [1.165, 1.54) is 0 Å². The molecule has 0 unspecified atom stereocenters. The van der Waals surface area contributed by atoms with Gasteiger partial charge in [-0.15, -0.1) is 0 Å². The van der Waals surface area contributed by atoms with Crippen molar-refractivity contribution in [3.05, 3.63) is 71.2 Å². The maximum atomic E-state index is 13.1. The highest BCUT2D eigenvalue weighted by Crippen LogP contribution is 2.34. The van der Waals surface area contributed by atoms with Crippen molar-refractivity contribution in [3.8, 4) is 17.2 Å². The second-order valence-electron chi connectivity index (χ2n) is 9.26. The minimum Gasteiger partial charge on any atom is -0.482 e. The van der Waals surface area contributed by atoms with E-state index in [-0.39, 0.29) is 31.8 Å². The third kappa shape index (κ3) is 4.37. The summed E-state index contributed by atoms with van der Waals surface area (Å²) in [4.78, 5) is 31.4. The van der Waals surface area contributed by atoms with Gasteiger partial charge in [-0.05, 0) is 54.4 Å². The smallest absolute Gasteiger partial charge is 0.289 e. The summed E-state index contributed by atoms with van der Waals surface area (Å²) in [7, 11) is 0. The van der Waals surface area contributed by atoms with Crippen LogP contribution in [0.15, 0.2) is 52.9 Å². The molecule has 1 aromatic heterocycles. The van der Waals surface area contributed by atoms with E-state index < -0.39 is 0 Å². The predicted octanol–water partition coefficient (Wildman–Crippen LogP) is 3.20. The first kappa shape index (κ1) is 22.5. The number of nitrogens with zero attached hydrogens (tertiary/aromatic N) is 3. The van der Waals surface area contributed by atoms with Crippen LogP contribution in [0.5, 0.6) is 17.2 Å². The van der Waals surface area contributed by atoms with Gasteiger partial charge in [0.25, 0.3) is 11.8 Å². The molecule has 2 amide bonds. The molecule has 2 aromatic carbocycles. The molecule has 1 saturated heterocycles. The van der Waals surface area contributed by atoms with E-state index in [4.69, 9.17) is 18.6 Å². The number of anilines is 1. The van der Waals surface area contributed by atoms with Gasteiger partial charge in [0, 0.05) is 32.7 Å². The first-order valence-electron chi connectivity index (χ1n) is 12.1. The Labute approximate surface area is 208 Å². The Morgan fingerprint density at radius 3 is 2.53 bits per heavy atom. The van der Waals surface area contributed by atoms with Gasteiger partial charge in [-0.25, -0.2) is 0 Å². The molecule has 1 fully saturated rings. The van der Waals surface area contributed by atoms with E-state index in [1.54, 1.807) is 17.0 Å². The van der Waals surface area contributed by atoms with Crippen LogP contribution < -0.4 is 19.1 Å². The molecule has 4 heterocycles. The minimum absolute atomic E-state index is 0.0148. The van der Waals surface area contributed by atoms with Crippen molar-refractivity contribution < 1.29 is 28.2 Å². The summed E-state index contributed by atoms with van der Waals surface area (Å²) in [5.41, 5.74) is 2.91. The van der Waals surface area contributed by atoms with Gasteiger partial charge in [0.2, 0.25) is 6.79 Å². The van der Waals surface area contributed by atoms with Crippen LogP contribution >= 0.6 is 0 Å². The van der Waals surface area contributed by atoms with Gasteiger partial charge < -0.3 is 23.5 Å². The number of furan rings is 1. The average molecular weight is 490 g/mol. The van der Waals surface area contributed by atoms with Crippen molar-refractivity contribution in [1.29, 1.82) is 0 Å². The molecule has 0 aliphatic carbocycles. The lowest BCUT2D eigenvalue weighted by Crippen LogP contribution is -2.48. The third-order valence-electron chi connectivity index (χ3n) is 6.75. The quantitative estimate of drug-likeness (QED) is 0.544. The molecule has 186 valence electrons. The van der Waals surface area contributed by atoms with Crippen molar-refractivity contribution in [2.24, 2.45) is 0 Å². The molecule has 6 rings (SSSR count). The predicted molar refractivity (Wildman–Crippen MR) is 130 cm³/mol. The number of carbonyl (C=O) groups excluding carboxylic acids is 2. The zero-order chi connectivity index (χ0) is 24.6. The summed E-state index contributed by atoms with van der Waals surface area (Å²) in [5.74, 6) is 2.81. The van der Waals surface area contributed by atoms with E-state index in [2.05, 4.69) is 4.90 Å². The molecular weight excluding hydrogens is 462 g/mol. The number of ether oxygens (including phenoxy) is 3. The zero-order valence-electron chi connectivity index (χ0n) is 20.1. The number of hydrogen-bond donors (Lipinski definition) is 0. The fourth-order valence-electron chi connectivity index (χ4n) is 4.78. The molecule has 36 heavy (non-hydrogen) atoms. The molecule has 0 spiro atoms. The van der Waals surface area contributed by atoms with Gasteiger partial charge in [0.1, 0.15) is 11.5 Å². The lowest BCUT2D eigenvalue weighted by molar-refractivity contribution is -0.121. The van der Waals surface area contributed by atoms with Crippen LogP contribution in [0, 0.1) is 6.92 Å². The summed E-state index contributed by atoms with van der Waals surface area (Å²) >= 11 is 0. The Morgan fingerprint density at radius 2 is 1.67 bits per heavy atom. The number of piperazine rings is 1. The third-order valence-corrected chi connectivity index (χ3v) is 6.75. The molecule has 3 aliphatic rings. The fourth-order valence-corrected chi connectivity index (χ4v) is 4.78. The van der Waals surface area contributed by atoms with Crippen LogP contribution in [-0.4, -0.2) is 61.2 Å². The Hall–Kier alpha value is -3.98. The molecule has 0 saturated carbocycles. The Kier molecular flexibility index (Phi) is 5.77. The van der Waals surface area contributed by atoms with Crippen molar-refractivity contribution in [3.63, 3.8) is 0 Å². The molecule has 9 nitrogen and oxygen atoms in total. The number of amides is 2. The molecule has 3 aromatic rings. The second-order valence-corrected chi connectivity index (χ2v) is 9.26. The zero-order valence-corrected chi connectivity index (χ0v) is 20.1. The highest BCUT2D eigenvalue weighted by molar-refractivity contribution is 5.98. The van der Waals surface area contributed by atoms with E-state index in [1.807, 2.05) is 48.2 Å². The van der Waals surface area contributed by atoms with Gasteiger partial charge in [-0.1, -0.05) is 12.1 Å². The number of hydrogen-bond acceptors (Lipinski definition) is 7. The van der Waals surface area contributed by atoms with Crippen molar-refractivity contribution in [2.45, 2.75) is 20.0 Å². The summed E-state index contributed by atoms with van der Waals surface area (Å²) in [6.45, 7) is 6.03. The van der Waals surface area contributed by atoms with E-state index in [0.29, 0.717) is 36.0 Å². The highest BCUT2D eigenvalue weighted by Gasteiger charge is 2.28. The Balaban J connectivity index is 1.07. The molecule has 0 N–H and O–H groups in total. The second kappa shape index (κ2) is 9.23. The summed E-state index contributed by atoms with van der Waals surface area (Å²) in [6.07, 6.45) is 0. The molecule has 9 heteroatoms. The first-order valence-corrected chi connectivity index (χ1v) is 12.1. The van der Waals surface area contributed by atoms with Gasteiger partial charge >= 0.3 is 0 Å². The lowest BCUT2D eigenvalue weighted by Gasteiger charge is -2.34. The topological polar surface area (TPSA) is 84.7 Å². The molecule has 0 atom stereocenters. The first-order chi connectivity index (χ1) is 17.5. The Bertz CT molecular complexity index is 1310. The van der Waals surface area contributed by atoms with Crippen LogP contribution in [-0.2, 0) is 17.9 Å². The summed E-state index contributed by atoms with van der Waals surface area (Å²) in [6, 6.07) is 15.2. The van der Waals surface area contributed by atoms with Crippen LogP contribution in [0.4, 0.5) is 5.69 Å². The van der Waals surface area contributed by atoms with Crippen LogP contribution in [0.25, 0.3) is 0 Å². The summed E-state index contributed by atoms with van der Waals surface area (Å²) in [5, 5.41) is 0. The number of aryl methyl sites for hydroxylation is 1. The van der Waals surface area contributed by atoms with Crippen LogP contribution in [0.2, 0.25) is 0 Å².